The maximum atomic E-state index is 12.5. The Hall–Kier alpha value is -1.56. The lowest BCUT2D eigenvalue weighted by Crippen LogP contribution is -2.31. The summed E-state index contributed by atoms with van der Waals surface area (Å²) in [6.45, 7) is 4.62. The summed E-state index contributed by atoms with van der Waals surface area (Å²) in [7, 11) is 1.64. The van der Waals surface area contributed by atoms with Crippen molar-refractivity contribution in [2.45, 2.75) is 13.8 Å². The summed E-state index contributed by atoms with van der Waals surface area (Å²) in [5.41, 5.74) is 0.306. The van der Waals surface area contributed by atoms with Gasteiger partial charge in [0.05, 0.1) is 17.1 Å². The Balaban J connectivity index is 2.23. The number of carbonyl (C=O) groups is 2. The molecule has 1 saturated heterocycles. The number of likely N-dealkylation sites (tertiary alicyclic amines) is 1. The van der Waals surface area contributed by atoms with Crippen molar-refractivity contribution in [3.05, 3.63) is 16.9 Å². The van der Waals surface area contributed by atoms with Crippen LogP contribution in [0, 0.1) is 17.8 Å². The molecule has 1 fully saturated rings. The van der Waals surface area contributed by atoms with Crippen LogP contribution in [0.3, 0.4) is 0 Å². The molecule has 0 radical (unpaired) electrons. The van der Waals surface area contributed by atoms with E-state index in [0.717, 1.165) is 0 Å². The van der Waals surface area contributed by atoms with E-state index in [9.17, 15) is 14.7 Å². The van der Waals surface area contributed by atoms with Gasteiger partial charge in [0.2, 0.25) is 0 Å². The van der Waals surface area contributed by atoms with E-state index in [1.54, 1.807) is 11.9 Å². The van der Waals surface area contributed by atoms with Crippen molar-refractivity contribution in [1.82, 2.24) is 14.7 Å². The highest BCUT2D eigenvalue weighted by Crippen LogP contribution is 2.31. The summed E-state index contributed by atoms with van der Waals surface area (Å²) < 4.78 is 1.42. The number of carboxylic acid groups (broad SMARTS) is 1. The van der Waals surface area contributed by atoms with Gasteiger partial charge >= 0.3 is 5.97 Å². The van der Waals surface area contributed by atoms with Gasteiger partial charge < -0.3 is 10.0 Å². The number of amides is 1. The number of carbonyl (C=O) groups excluding carboxylic acids is 1. The number of halogens is 1. The lowest BCUT2D eigenvalue weighted by atomic mass is 9.86. The minimum Gasteiger partial charge on any atom is -0.481 e. The molecule has 0 saturated carbocycles. The van der Waals surface area contributed by atoms with Gasteiger partial charge in [0, 0.05) is 20.1 Å². The highest BCUT2D eigenvalue weighted by molar-refractivity contribution is 6.33. The van der Waals surface area contributed by atoms with E-state index in [-0.39, 0.29) is 29.3 Å². The minimum atomic E-state index is -0.852. The average Bonchev–Trinajstić information content (AvgIpc) is 2.93. The van der Waals surface area contributed by atoms with Crippen molar-refractivity contribution in [2.75, 3.05) is 13.1 Å². The first-order valence-corrected chi connectivity index (χ1v) is 6.90. The van der Waals surface area contributed by atoms with Gasteiger partial charge in [-0.15, -0.1) is 0 Å². The van der Waals surface area contributed by atoms with Gasteiger partial charge in [0.1, 0.15) is 5.69 Å². The van der Waals surface area contributed by atoms with Crippen LogP contribution in [0.25, 0.3) is 0 Å². The third-order valence-electron chi connectivity index (χ3n) is 3.92. The standard InChI is InChI=1S/C13H18ClN3O3/c1-7(2)8-5-17(6-9(8)13(19)20)12(18)11-10(14)4-15-16(11)3/h4,7-9H,5-6H2,1-3H3,(H,19,20)/t8-,9+/m0/s1. The van der Waals surface area contributed by atoms with E-state index in [1.807, 2.05) is 13.8 Å². The predicted octanol–water partition coefficient (Wildman–Crippen LogP) is 1.50. The van der Waals surface area contributed by atoms with Crippen LogP contribution in [-0.2, 0) is 11.8 Å². The van der Waals surface area contributed by atoms with E-state index in [0.29, 0.717) is 12.2 Å². The summed E-state index contributed by atoms with van der Waals surface area (Å²) in [5, 5.41) is 13.5. The van der Waals surface area contributed by atoms with Crippen LogP contribution >= 0.6 is 11.6 Å². The summed E-state index contributed by atoms with van der Waals surface area (Å²) >= 11 is 5.97. The van der Waals surface area contributed by atoms with Gasteiger partial charge in [0.15, 0.2) is 0 Å². The average molecular weight is 300 g/mol. The van der Waals surface area contributed by atoms with E-state index in [2.05, 4.69) is 5.10 Å². The van der Waals surface area contributed by atoms with Crippen molar-refractivity contribution in [3.8, 4) is 0 Å². The molecule has 1 aliphatic rings. The smallest absolute Gasteiger partial charge is 0.308 e. The number of nitrogens with zero attached hydrogens (tertiary/aromatic N) is 3. The van der Waals surface area contributed by atoms with Gasteiger partial charge in [-0.2, -0.15) is 5.10 Å². The minimum absolute atomic E-state index is 0.0385. The van der Waals surface area contributed by atoms with Crippen LogP contribution in [0.4, 0.5) is 0 Å². The zero-order chi connectivity index (χ0) is 15.0. The summed E-state index contributed by atoms with van der Waals surface area (Å²) in [6, 6.07) is 0. The second-order valence-corrected chi connectivity index (χ2v) is 5.93. The van der Waals surface area contributed by atoms with Gasteiger partial charge in [-0.1, -0.05) is 25.4 Å². The summed E-state index contributed by atoms with van der Waals surface area (Å²) in [5.74, 6) is -1.47. The van der Waals surface area contributed by atoms with Crippen LogP contribution in [-0.4, -0.2) is 44.8 Å². The molecule has 1 aromatic rings. The molecule has 6 nitrogen and oxygen atoms in total. The first-order chi connectivity index (χ1) is 9.32. The summed E-state index contributed by atoms with van der Waals surface area (Å²) in [4.78, 5) is 25.4. The summed E-state index contributed by atoms with van der Waals surface area (Å²) in [6.07, 6.45) is 1.42. The number of aromatic nitrogens is 2. The second-order valence-electron chi connectivity index (χ2n) is 5.53. The van der Waals surface area contributed by atoms with Crippen LogP contribution in [0.1, 0.15) is 24.3 Å². The third kappa shape index (κ3) is 2.52. The zero-order valence-corrected chi connectivity index (χ0v) is 12.5. The third-order valence-corrected chi connectivity index (χ3v) is 4.20. The second kappa shape index (κ2) is 5.44. The highest BCUT2D eigenvalue weighted by Gasteiger charge is 2.41. The molecule has 7 heteroatoms. The van der Waals surface area contributed by atoms with E-state index in [1.165, 1.54) is 10.9 Å². The number of aliphatic carboxylic acids is 1. The molecule has 0 unspecified atom stereocenters. The normalized spacial score (nSPS) is 22.6. The van der Waals surface area contributed by atoms with Crippen molar-refractivity contribution >= 4 is 23.5 Å². The van der Waals surface area contributed by atoms with Crippen LogP contribution in [0.15, 0.2) is 6.20 Å². The zero-order valence-electron chi connectivity index (χ0n) is 11.7. The number of carboxylic acids is 1. The van der Waals surface area contributed by atoms with Gasteiger partial charge in [-0.3, -0.25) is 14.3 Å². The molecular formula is C13H18ClN3O3. The Kier molecular flexibility index (Phi) is 4.04. The van der Waals surface area contributed by atoms with Gasteiger partial charge in [-0.05, 0) is 11.8 Å². The van der Waals surface area contributed by atoms with Crippen LogP contribution in [0.2, 0.25) is 5.02 Å². The molecule has 0 aliphatic carbocycles. The molecule has 2 heterocycles. The van der Waals surface area contributed by atoms with E-state index >= 15 is 0 Å². The Morgan fingerprint density at radius 1 is 1.45 bits per heavy atom. The Labute approximate surface area is 122 Å². The Bertz CT molecular complexity index is 521. The number of rotatable bonds is 3. The van der Waals surface area contributed by atoms with Crippen molar-refractivity contribution in [3.63, 3.8) is 0 Å². The fourth-order valence-corrected chi connectivity index (χ4v) is 2.98. The first-order valence-electron chi connectivity index (χ1n) is 6.52. The van der Waals surface area contributed by atoms with Crippen LogP contribution in [0.5, 0.6) is 0 Å². The van der Waals surface area contributed by atoms with Crippen molar-refractivity contribution < 1.29 is 14.7 Å². The largest absolute Gasteiger partial charge is 0.481 e. The molecule has 20 heavy (non-hydrogen) atoms. The molecule has 0 bridgehead atoms. The SMILES string of the molecule is CC(C)[C@@H]1CN(C(=O)c2c(Cl)cnn2C)C[C@H]1C(=O)O. The maximum absolute atomic E-state index is 12.5. The van der Waals surface area contributed by atoms with Gasteiger partial charge in [0.25, 0.3) is 5.91 Å². The van der Waals surface area contributed by atoms with Crippen molar-refractivity contribution in [2.24, 2.45) is 24.8 Å². The molecule has 0 aromatic carbocycles. The highest BCUT2D eigenvalue weighted by atomic mass is 35.5. The molecular weight excluding hydrogens is 282 g/mol. The fraction of sp³-hybridized carbons (Fsp3) is 0.615. The molecule has 2 atom stereocenters. The fourth-order valence-electron chi connectivity index (χ4n) is 2.73. The predicted molar refractivity (Wildman–Crippen MR) is 73.6 cm³/mol. The lowest BCUT2D eigenvalue weighted by Gasteiger charge is -2.18. The first kappa shape index (κ1) is 14.8. The molecule has 2 rings (SSSR count). The monoisotopic (exact) mass is 299 g/mol. The molecule has 1 aromatic heterocycles. The molecule has 1 aliphatic heterocycles. The molecule has 1 amide bonds. The number of aryl methyl sites for hydroxylation is 1. The molecule has 0 spiro atoms. The number of hydrogen-bond acceptors (Lipinski definition) is 3. The van der Waals surface area contributed by atoms with Crippen LogP contribution < -0.4 is 0 Å². The Morgan fingerprint density at radius 3 is 2.50 bits per heavy atom. The quantitative estimate of drug-likeness (QED) is 0.918. The topological polar surface area (TPSA) is 75.4 Å². The Morgan fingerprint density at radius 2 is 2.10 bits per heavy atom. The van der Waals surface area contributed by atoms with E-state index in [4.69, 9.17) is 11.6 Å². The van der Waals surface area contributed by atoms with Gasteiger partial charge in [-0.25, -0.2) is 0 Å². The number of hydrogen-bond donors (Lipinski definition) is 1. The lowest BCUT2D eigenvalue weighted by molar-refractivity contribution is -0.142. The van der Waals surface area contributed by atoms with E-state index < -0.39 is 11.9 Å². The molecule has 1 N–H and O–H groups in total. The maximum Gasteiger partial charge on any atom is 0.308 e. The molecule has 110 valence electrons. The van der Waals surface area contributed by atoms with Crippen molar-refractivity contribution in [1.29, 1.82) is 0 Å².